The van der Waals surface area contributed by atoms with Gasteiger partial charge in [-0.3, -0.25) is 19.8 Å². The number of benzene rings is 1. The minimum Gasteiger partial charge on any atom is -0.352 e. The number of carbonyl (C=O) groups excluding carboxylic acids is 1. The lowest BCUT2D eigenvalue weighted by Gasteiger charge is -2.33. The van der Waals surface area contributed by atoms with Crippen LogP contribution in [-0.4, -0.2) is 34.9 Å². The van der Waals surface area contributed by atoms with E-state index in [9.17, 15) is 19.3 Å². The molecular formula is C16H22FN3O3. The van der Waals surface area contributed by atoms with Gasteiger partial charge in [0.2, 0.25) is 5.91 Å². The molecule has 1 atom stereocenters. The van der Waals surface area contributed by atoms with Crippen molar-refractivity contribution in [1.29, 1.82) is 0 Å². The first-order valence-corrected chi connectivity index (χ1v) is 7.83. The number of amides is 1. The van der Waals surface area contributed by atoms with Gasteiger partial charge in [-0.15, -0.1) is 0 Å². The van der Waals surface area contributed by atoms with Crippen molar-refractivity contribution in [3.63, 3.8) is 0 Å². The van der Waals surface area contributed by atoms with Crippen LogP contribution in [0.25, 0.3) is 0 Å². The SMILES string of the molecule is CC(C)C(=O)N[C@@H]1CCCN(Cc2c(F)cccc2[N+](=O)[O-])C1. The first-order chi connectivity index (χ1) is 10.9. The van der Waals surface area contributed by atoms with Crippen LogP contribution in [0.5, 0.6) is 0 Å². The van der Waals surface area contributed by atoms with Gasteiger partial charge in [0.1, 0.15) is 5.82 Å². The molecule has 1 aliphatic rings. The van der Waals surface area contributed by atoms with E-state index in [0.29, 0.717) is 6.54 Å². The second-order valence-electron chi connectivity index (χ2n) is 6.23. The molecule has 1 aromatic carbocycles. The lowest BCUT2D eigenvalue weighted by atomic mass is 10.0. The van der Waals surface area contributed by atoms with Gasteiger partial charge >= 0.3 is 0 Å². The average molecular weight is 323 g/mol. The Morgan fingerprint density at radius 2 is 2.26 bits per heavy atom. The summed E-state index contributed by atoms with van der Waals surface area (Å²) < 4.78 is 14.0. The minimum absolute atomic E-state index is 0.00415. The van der Waals surface area contributed by atoms with E-state index in [1.807, 2.05) is 18.7 Å². The van der Waals surface area contributed by atoms with Crippen LogP contribution in [0, 0.1) is 21.8 Å². The van der Waals surface area contributed by atoms with Gasteiger partial charge in [0.15, 0.2) is 0 Å². The lowest BCUT2D eigenvalue weighted by Crippen LogP contribution is -2.48. The molecule has 0 radical (unpaired) electrons. The fraction of sp³-hybridized carbons (Fsp3) is 0.562. The van der Waals surface area contributed by atoms with Gasteiger partial charge in [0.25, 0.3) is 5.69 Å². The van der Waals surface area contributed by atoms with E-state index in [2.05, 4.69) is 5.32 Å². The van der Waals surface area contributed by atoms with Crippen LogP contribution >= 0.6 is 0 Å². The molecular weight excluding hydrogens is 301 g/mol. The molecule has 0 spiro atoms. The summed E-state index contributed by atoms with van der Waals surface area (Å²) in [6, 6.07) is 3.91. The van der Waals surface area contributed by atoms with Crippen LogP contribution in [-0.2, 0) is 11.3 Å². The van der Waals surface area contributed by atoms with Crippen LogP contribution in [0.1, 0.15) is 32.3 Å². The van der Waals surface area contributed by atoms with E-state index in [4.69, 9.17) is 0 Å². The summed E-state index contributed by atoms with van der Waals surface area (Å²) in [4.78, 5) is 24.3. The largest absolute Gasteiger partial charge is 0.352 e. The molecule has 0 aromatic heterocycles. The average Bonchev–Trinajstić information content (AvgIpc) is 2.49. The highest BCUT2D eigenvalue weighted by molar-refractivity contribution is 5.78. The Bertz CT molecular complexity index is 592. The number of piperidine rings is 1. The van der Waals surface area contributed by atoms with Crippen LogP contribution < -0.4 is 5.32 Å². The van der Waals surface area contributed by atoms with Crippen molar-refractivity contribution in [2.24, 2.45) is 5.92 Å². The number of rotatable bonds is 5. The molecule has 7 heteroatoms. The maximum atomic E-state index is 14.0. The topological polar surface area (TPSA) is 75.5 Å². The maximum Gasteiger partial charge on any atom is 0.276 e. The number of nitrogens with one attached hydrogen (secondary N) is 1. The predicted molar refractivity (Wildman–Crippen MR) is 84.3 cm³/mol. The molecule has 1 aromatic rings. The highest BCUT2D eigenvalue weighted by Crippen LogP contribution is 2.24. The number of nitro groups is 1. The molecule has 1 saturated heterocycles. The fourth-order valence-corrected chi connectivity index (χ4v) is 2.78. The molecule has 1 amide bonds. The van der Waals surface area contributed by atoms with Crippen molar-refractivity contribution in [1.82, 2.24) is 10.2 Å². The van der Waals surface area contributed by atoms with E-state index in [-0.39, 0.29) is 35.7 Å². The zero-order valence-corrected chi connectivity index (χ0v) is 13.4. The molecule has 126 valence electrons. The molecule has 23 heavy (non-hydrogen) atoms. The zero-order valence-electron chi connectivity index (χ0n) is 13.4. The molecule has 0 bridgehead atoms. The van der Waals surface area contributed by atoms with Crippen molar-refractivity contribution in [2.75, 3.05) is 13.1 Å². The number of halogens is 1. The molecule has 1 fully saturated rings. The Morgan fingerprint density at radius 1 is 1.52 bits per heavy atom. The van der Waals surface area contributed by atoms with E-state index in [0.717, 1.165) is 19.4 Å². The van der Waals surface area contributed by atoms with Crippen LogP contribution in [0.2, 0.25) is 0 Å². The summed E-state index contributed by atoms with van der Waals surface area (Å²) in [5.74, 6) is -0.653. The first kappa shape index (κ1) is 17.3. The fourth-order valence-electron chi connectivity index (χ4n) is 2.78. The number of carbonyl (C=O) groups is 1. The highest BCUT2D eigenvalue weighted by atomic mass is 19.1. The third-order valence-corrected chi connectivity index (χ3v) is 4.05. The van der Waals surface area contributed by atoms with E-state index in [1.165, 1.54) is 18.2 Å². The normalized spacial score (nSPS) is 18.9. The number of hydrogen-bond donors (Lipinski definition) is 1. The number of hydrogen-bond acceptors (Lipinski definition) is 4. The van der Waals surface area contributed by atoms with Crippen molar-refractivity contribution in [3.8, 4) is 0 Å². The monoisotopic (exact) mass is 323 g/mol. The Balaban J connectivity index is 2.06. The van der Waals surface area contributed by atoms with Crippen molar-refractivity contribution in [3.05, 3.63) is 39.7 Å². The molecule has 6 nitrogen and oxygen atoms in total. The Morgan fingerprint density at radius 3 is 2.91 bits per heavy atom. The molecule has 2 rings (SSSR count). The standard InChI is InChI=1S/C16H22FN3O3/c1-11(2)16(21)18-12-5-4-8-19(9-12)10-13-14(17)6-3-7-15(13)20(22)23/h3,6-7,11-12H,4-5,8-10H2,1-2H3,(H,18,21)/t12-/m1/s1. The molecule has 1 aliphatic heterocycles. The minimum atomic E-state index is -0.562. The predicted octanol–water partition coefficient (Wildman–Crippen LogP) is 2.47. The Hall–Kier alpha value is -2.02. The molecule has 1 heterocycles. The van der Waals surface area contributed by atoms with Gasteiger partial charge in [0.05, 0.1) is 10.5 Å². The molecule has 0 saturated carbocycles. The van der Waals surface area contributed by atoms with Crippen LogP contribution in [0.4, 0.5) is 10.1 Å². The maximum absolute atomic E-state index is 14.0. The molecule has 0 aliphatic carbocycles. The summed E-state index contributed by atoms with van der Waals surface area (Å²) in [5.41, 5.74) is -0.0910. The zero-order chi connectivity index (χ0) is 17.0. The van der Waals surface area contributed by atoms with Crippen molar-refractivity contribution in [2.45, 2.75) is 39.3 Å². The second-order valence-corrected chi connectivity index (χ2v) is 6.23. The van der Waals surface area contributed by atoms with E-state index < -0.39 is 10.7 Å². The van der Waals surface area contributed by atoms with Crippen LogP contribution in [0.3, 0.4) is 0 Å². The summed E-state index contributed by atoms with van der Waals surface area (Å²) in [6.07, 6.45) is 1.74. The Labute approximate surface area is 134 Å². The van der Waals surface area contributed by atoms with E-state index in [1.54, 1.807) is 0 Å². The lowest BCUT2D eigenvalue weighted by molar-refractivity contribution is -0.386. The highest BCUT2D eigenvalue weighted by Gasteiger charge is 2.26. The number of nitro benzene ring substituents is 1. The smallest absolute Gasteiger partial charge is 0.276 e. The van der Waals surface area contributed by atoms with E-state index >= 15 is 0 Å². The van der Waals surface area contributed by atoms with Crippen LogP contribution in [0.15, 0.2) is 18.2 Å². The summed E-state index contributed by atoms with van der Waals surface area (Å²) in [5, 5.41) is 14.0. The van der Waals surface area contributed by atoms with Crippen molar-refractivity contribution >= 4 is 11.6 Å². The number of nitrogens with zero attached hydrogens (tertiary/aromatic N) is 2. The number of likely N-dealkylation sites (tertiary alicyclic amines) is 1. The van der Waals surface area contributed by atoms with Gasteiger partial charge in [-0.2, -0.15) is 0 Å². The summed E-state index contributed by atoms with van der Waals surface area (Å²) in [7, 11) is 0. The Kier molecular flexibility index (Phi) is 5.65. The summed E-state index contributed by atoms with van der Waals surface area (Å²) >= 11 is 0. The van der Waals surface area contributed by atoms with Gasteiger partial charge in [-0.1, -0.05) is 19.9 Å². The summed E-state index contributed by atoms with van der Waals surface area (Å²) in [6.45, 7) is 5.15. The first-order valence-electron chi connectivity index (χ1n) is 7.83. The quantitative estimate of drug-likeness (QED) is 0.667. The third-order valence-electron chi connectivity index (χ3n) is 4.05. The van der Waals surface area contributed by atoms with Gasteiger partial charge < -0.3 is 5.32 Å². The molecule has 1 N–H and O–H groups in total. The van der Waals surface area contributed by atoms with Crippen molar-refractivity contribution < 1.29 is 14.1 Å². The second kappa shape index (κ2) is 7.50. The van der Waals surface area contributed by atoms with Gasteiger partial charge in [-0.05, 0) is 25.5 Å². The molecule has 0 unspecified atom stereocenters. The third kappa shape index (κ3) is 4.48. The van der Waals surface area contributed by atoms with Gasteiger partial charge in [0, 0.05) is 31.1 Å². The van der Waals surface area contributed by atoms with Gasteiger partial charge in [-0.25, -0.2) is 4.39 Å².